The molecule has 0 saturated heterocycles. The summed E-state index contributed by atoms with van der Waals surface area (Å²) in [5.41, 5.74) is 3.49. The fraction of sp³-hybridized carbons (Fsp3) is 0.250. The molecule has 31 heavy (non-hydrogen) atoms. The lowest BCUT2D eigenvalue weighted by Gasteiger charge is -2.15. The Morgan fingerprint density at radius 3 is 2.45 bits per heavy atom. The molecule has 0 saturated carbocycles. The molecule has 0 unspecified atom stereocenters. The van der Waals surface area contributed by atoms with E-state index in [1.54, 1.807) is 30.3 Å². The van der Waals surface area contributed by atoms with Crippen LogP contribution < -0.4 is 0 Å². The van der Waals surface area contributed by atoms with E-state index in [2.05, 4.69) is 16.2 Å². The zero-order valence-corrected chi connectivity index (χ0v) is 18.2. The van der Waals surface area contributed by atoms with Gasteiger partial charge in [0, 0.05) is 5.56 Å². The first kappa shape index (κ1) is 21.3. The summed E-state index contributed by atoms with van der Waals surface area (Å²) < 4.78 is 47.1. The predicted molar refractivity (Wildman–Crippen MR) is 117 cm³/mol. The maximum Gasteiger partial charge on any atom is 0.422 e. The SMILES string of the molecule is CC.Cc1ccc2c(c1)CCc1nc(-c3onc(-c4ccccc4)c3C(F)(F)F)sc1-2. The number of nitrogens with zero attached hydrogens (tertiary/aromatic N) is 2. The lowest BCUT2D eigenvalue weighted by molar-refractivity contribution is -0.136. The summed E-state index contributed by atoms with van der Waals surface area (Å²) in [7, 11) is 0. The van der Waals surface area contributed by atoms with E-state index in [1.807, 2.05) is 32.9 Å². The van der Waals surface area contributed by atoms with Crippen LogP contribution in [0.25, 0.3) is 32.5 Å². The molecule has 0 spiro atoms. The number of hydrogen-bond donors (Lipinski definition) is 0. The summed E-state index contributed by atoms with van der Waals surface area (Å²) in [5, 5.41) is 3.98. The maximum atomic E-state index is 14.0. The Morgan fingerprint density at radius 1 is 1.00 bits per heavy atom. The smallest absolute Gasteiger partial charge is 0.352 e. The van der Waals surface area contributed by atoms with Crippen LogP contribution >= 0.6 is 11.3 Å². The molecule has 0 aliphatic heterocycles. The molecule has 0 atom stereocenters. The van der Waals surface area contributed by atoms with Gasteiger partial charge in [-0.25, -0.2) is 4.98 Å². The lowest BCUT2D eigenvalue weighted by atomic mass is 9.92. The van der Waals surface area contributed by atoms with Gasteiger partial charge in [-0.3, -0.25) is 0 Å². The fourth-order valence-electron chi connectivity index (χ4n) is 3.72. The van der Waals surface area contributed by atoms with Crippen LogP contribution in [0.1, 0.15) is 36.2 Å². The number of halogens is 3. The van der Waals surface area contributed by atoms with Crippen molar-refractivity contribution in [1.82, 2.24) is 10.1 Å². The number of fused-ring (bicyclic) bond motifs is 3. The highest BCUT2D eigenvalue weighted by Crippen LogP contribution is 2.47. The second-order valence-corrected chi connectivity index (χ2v) is 8.05. The van der Waals surface area contributed by atoms with Gasteiger partial charge in [-0.15, -0.1) is 11.3 Å². The molecule has 4 aromatic rings. The van der Waals surface area contributed by atoms with E-state index in [0.29, 0.717) is 12.0 Å². The minimum atomic E-state index is -4.61. The molecule has 0 fully saturated rings. The van der Waals surface area contributed by atoms with E-state index in [1.165, 1.54) is 22.5 Å². The first-order valence-corrected chi connectivity index (χ1v) is 11.0. The summed E-state index contributed by atoms with van der Waals surface area (Å²) in [4.78, 5) is 5.42. The van der Waals surface area contributed by atoms with Crippen molar-refractivity contribution in [3.05, 3.63) is 70.9 Å². The van der Waals surface area contributed by atoms with Crippen LogP contribution in [0.5, 0.6) is 0 Å². The molecule has 7 heteroatoms. The van der Waals surface area contributed by atoms with Gasteiger partial charge in [0.2, 0.25) is 5.76 Å². The standard InChI is InChI=1S/C22H15F3N2OS.C2H6/c1-12-7-9-15-14(11-12)8-10-16-20(15)29-21(26-16)19-17(22(23,24)25)18(27-28-19)13-5-3-2-4-6-13;1-2/h2-7,9,11H,8,10H2,1H3;1-2H3. The maximum absolute atomic E-state index is 14.0. The number of aromatic nitrogens is 2. The molecule has 1 aliphatic carbocycles. The third kappa shape index (κ3) is 3.90. The summed E-state index contributed by atoms with van der Waals surface area (Å²) in [6, 6.07) is 14.4. The van der Waals surface area contributed by atoms with E-state index in [9.17, 15) is 13.2 Å². The molecule has 0 radical (unpaired) electrons. The summed E-state index contributed by atoms with van der Waals surface area (Å²) in [6.07, 6.45) is -3.09. The topological polar surface area (TPSA) is 38.9 Å². The molecule has 2 heterocycles. The molecule has 0 N–H and O–H groups in total. The van der Waals surface area contributed by atoms with E-state index in [-0.39, 0.29) is 16.5 Å². The Balaban J connectivity index is 0.00000112. The molecule has 1 aliphatic rings. The van der Waals surface area contributed by atoms with E-state index in [4.69, 9.17) is 4.52 Å². The Morgan fingerprint density at radius 2 is 1.74 bits per heavy atom. The van der Waals surface area contributed by atoms with Crippen LogP contribution in [0.2, 0.25) is 0 Å². The monoisotopic (exact) mass is 442 g/mol. The highest BCUT2D eigenvalue weighted by atomic mass is 32.1. The zero-order valence-electron chi connectivity index (χ0n) is 17.4. The van der Waals surface area contributed by atoms with E-state index < -0.39 is 11.7 Å². The van der Waals surface area contributed by atoms with Crippen molar-refractivity contribution in [3.8, 4) is 32.5 Å². The quantitative estimate of drug-likeness (QED) is 0.321. The van der Waals surface area contributed by atoms with Crippen LogP contribution in [0.15, 0.2) is 53.1 Å². The van der Waals surface area contributed by atoms with Crippen LogP contribution in [0.3, 0.4) is 0 Å². The first-order valence-electron chi connectivity index (χ1n) is 10.1. The van der Waals surface area contributed by atoms with Gasteiger partial charge >= 0.3 is 6.18 Å². The normalized spacial score (nSPS) is 12.6. The molecular weight excluding hydrogens is 421 g/mol. The second-order valence-electron chi connectivity index (χ2n) is 7.05. The Labute approximate surface area is 182 Å². The Hall–Kier alpha value is -2.93. The van der Waals surface area contributed by atoms with Gasteiger partial charge < -0.3 is 4.52 Å². The average molecular weight is 443 g/mol. The van der Waals surface area contributed by atoms with Crippen LogP contribution in [-0.2, 0) is 19.0 Å². The van der Waals surface area contributed by atoms with Crippen LogP contribution in [0, 0.1) is 6.92 Å². The number of rotatable bonds is 2. The van der Waals surface area contributed by atoms with Crippen molar-refractivity contribution in [2.24, 2.45) is 0 Å². The van der Waals surface area contributed by atoms with Crippen molar-refractivity contribution in [2.45, 2.75) is 39.8 Å². The van der Waals surface area contributed by atoms with Crippen molar-refractivity contribution in [1.29, 1.82) is 0 Å². The molecule has 0 bridgehead atoms. The zero-order chi connectivity index (χ0) is 22.2. The molecular formula is C24H21F3N2OS. The predicted octanol–water partition coefficient (Wildman–Crippen LogP) is 7.58. The minimum absolute atomic E-state index is 0.211. The van der Waals surface area contributed by atoms with Crippen molar-refractivity contribution in [2.75, 3.05) is 0 Å². The third-order valence-corrected chi connectivity index (χ3v) is 6.18. The lowest BCUT2D eigenvalue weighted by Crippen LogP contribution is -2.07. The van der Waals surface area contributed by atoms with Gasteiger partial charge in [-0.1, -0.05) is 73.1 Å². The van der Waals surface area contributed by atoms with Gasteiger partial charge in [0.25, 0.3) is 0 Å². The summed E-state index contributed by atoms with van der Waals surface area (Å²) >= 11 is 1.23. The van der Waals surface area contributed by atoms with E-state index in [0.717, 1.165) is 22.6 Å². The summed E-state index contributed by atoms with van der Waals surface area (Å²) in [6.45, 7) is 6.03. The van der Waals surface area contributed by atoms with Gasteiger partial charge in [0.05, 0.1) is 10.6 Å². The molecule has 160 valence electrons. The second kappa shape index (κ2) is 8.30. The Kier molecular flexibility index (Phi) is 5.71. The van der Waals surface area contributed by atoms with Gasteiger partial charge in [-0.2, -0.15) is 13.2 Å². The third-order valence-electron chi connectivity index (χ3n) is 5.05. The van der Waals surface area contributed by atoms with Crippen LogP contribution in [0.4, 0.5) is 13.2 Å². The molecule has 3 nitrogen and oxygen atoms in total. The molecule has 0 amide bonds. The van der Waals surface area contributed by atoms with Crippen LogP contribution in [-0.4, -0.2) is 10.1 Å². The largest absolute Gasteiger partial charge is 0.422 e. The van der Waals surface area contributed by atoms with Gasteiger partial charge in [0.15, 0.2) is 5.01 Å². The molecule has 2 aromatic carbocycles. The number of alkyl halides is 3. The highest BCUT2D eigenvalue weighted by molar-refractivity contribution is 7.18. The van der Waals surface area contributed by atoms with E-state index >= 15 is 0 Å². The number of benzene rings is 2. The number of hydrogen-bond acceptors (Lipinski definition) is 4. The van der Waals surface area contributed by atoms with Crippen molar-refractivity contribution >= 4 is 11.3 Å². The van der Waals surface area contributed by atoms with Crippen molar-refractivity contribution < 1.29 is 17.7 Å². The first-order chi connectivity index (χ1) is 14.9. The number of thiazole rings is 1. The fourth-order valence-corrected chi connectivity index (χ4v) is 4.88. The van der Waals surface area contributed by atoms with Gasteiger partial charge in [0.1, 0.15) is 11.3 Å². The molecule has 5 rings (SSSR count). The molecule has 2 aromatic heterocycles. The number of aryl methyl sites for hydroxylation is 3. The Bertz CT molecular complexity index is 1210. The minimum Gasteiger partial charge on any atom is -0.352 e. The van der Waals surface area contributed by atoms with Gasteiger partial charge in [-0.05, 0) is 30.9 Å². The average Bonchev–Trinajstić information content (AvgIpc) is 3.40. The highest BCUT2D eigenvalue weighted by Gasteiger charge is 2.42. The summed E-state index contributed by atoms with van der Waals surface area (Å²) in [5.74, 6) is -0.315. The van der Waals surface area contributed by atoms with Crippen molar-refractivity contribution in [3.63, 3.8) is 0 Å².